The van der Waals surface area contributed by atoms with Gasteiger partial charge in [0.25, 0.3) is 0 Å². The van der Waals surface area contributed by atoms with Crippen LogP contribution in [0.25, 0.3) is 11.4 Å². The van der Waals surface area contributed by atoms with Gasteiger partial charge in [0.2, 0.25) is 0 Å². The van der Waals surface area contributed by atoms with E-state index in [1.807, 2.05) is 18.3 Å². The normalized spacial score (nSPS) is 24.8. The van der Waals surface area contributed by atoms with E-state index in [9.17, 15) is 0 Å². The molecule has 1 atom stereocenters. The van der Waals surface area contributed by atoms with Crippen molar-refractivity contribution in [2.75, 3.05) is 19.7 Å². The second-order valence-electron chi connectivity index (χ2n) is 5.51. The van der Waals surface area contributed by atoms with E-state index in [4.69, 9.17) is 9.72 Å². The van der Waals surface area contributed by atoms with Gasteiger partial charge in [0.05, 0.1) is 24.3 Å². The summed E-state index contributed by atoms with van der Waals surface area (Å²) in [6.45, 7) is 3.32. The summed E-state index contributed by atoms with van der Waals surface area (Å²) < 4.78 is 5.75. The van der Waals surface area contributed by atoms with Crippen LogP contribution in [0.15, 0.2) is 30.7 Å². The minimum Gasteiger partial charge on any atom is -0.376 e. The molecule has 0 aromatic carbocycles. The van der Waals surface area contributed by atoms with Crippen molar-refractivity contribution in [3.8, 4) is 11.4 Å². The number of nitrogens with one attached hydrogen (secondary N) is 1. The van der Waals surface area contributed by atoms with Gasteiger partial charge >= 0.3 is 0 Å². The number of ether oxygens (including phenoxy) is 1. The fraction of sp³-hybridized carbons (Fsp3) is 0.400. The molecule has 2 aliphatic rings. The quantitative estimate of drug-likeness (QED) is 0.844. The second kappa shape index (κ2) is 4.61. The molecule has 2 aromatic rings. The number of hydrogen-bond acceptors (Lipinski definition) is 5. The summed E-state index contributed by atoms with van der Waals surface area (Å²) in [6.07, 6.45) is 6.55. The van der Waals surface area contributed by atoms with Crippen LogP contribution in [0.1, 0.15) is 17.7 Å². The molecule has 1 fully saturated rings. The Morgan fingerprint density at radius 2 is 2.30 bits per heavy atom. The van der Waals surface area contributed by atoms with E-state index in [2.05, 4.69) is 15.3 Å². The molecule has 102 valence electrons. The van der Waals surface area contributed by atoms with Crippen molar-refractivity contribution in [1.82, 2.24) is 20.3 Å². The molecule has 2 aromatic heterocycles. The summed E-state index contributed by atoms with van der Waals surface area (Å²) in [5.74, 6) is 0.755. The van der Waals surface area contributed by atoms with E-state index in [1.165, 1.54) is 0 Å². The Labute approximate surface area is 117 Å². The van der Waals surface area contributed by atoms with Crippen molar-refractivity contribution in [2.24, 2.45) is 0 Å². The molecule has 5 heteroatoms. The largest absolute Gasteiger partial charge is 0.376 e. The zero-order valence-electron chi connectivity index (χ0n) is 11.2. The van der Waals surface area contributed by atoms with Gasteiger partial charge < -0.3 is 10.1 Å². The van der Waals surface area contributed by atoms with Crippen molar-refractivity contribution < 1.29 is 4.74 Å². The van der Waals surface area contributed by atoms with Crippen molar-refractivity contribution >= 4 is 0 Å². The molecule has 5 nitrogen and oxygen atoms in total. The summed E-state index contributed by atoms with van der Waals surface area (Å²) in [7, 11) is 0. The Bertz CT molecular complexity index is 623. The number of hydrogen-bond donors (Lipinski definition) is 1. The number of aromatic nitrogens is 3. The van der Waals surface area contributed by atoms with Gasteiger partial charge in [-0.15, -0.1) is 0 Å². The first kappa shape index (κ1) is 11.9. The van der Waals surface area contributed by atoms with Gasteiger partial charge in [0.15, 0.2) is 5.82 Å². The number of nitrogens with zero attached hydrogens (tertiary/aromatic N) is 3. The summed E-state index contributed by atoms with van der Waals surface area (Å²) in [4.78, 5) is 13.5. The third-order valence-electron chi connectivity index (χ3n) is 4.17. The molecule has 0 aliphatic carbocycles. The molecule has 1 N–H and O–H groups in total. The summed E-state index contributed by atoms with van der Waals surface area (Å²) in [6, 6.07) is 3.90. The second-order valence-corrected chi connectivity index (χ2v) is 5.51. The zero-order chi connectivity index (χ0) is 13.4. The molecule has 4 heterocycles. The number of pyridine rings is 1. The van der Waals surface area contributed by atoms with Crippen LogP contribution >= 0.6 is 0 Å². The van der Waals surface area contributed by atoms with Crippen LogP contribution < -0.4 is 5.32 Å². The van der Waals surface area contributed by atoms with Crippen LogP contribution in [0, 0.1) is 0 Å². The fourth-order valence-electron chi connectivity index (χ4n) is 3.10. The fourth-order valence-corrected chi connectivity index (χ4v) is 3.10. The van der Waals surface area contributed by atoms with E-state index >= 15 is 0 Å². The van der Waals surface area contributed by atoms with E-state index < -0.39 is 0 Å². The number of fused-ring (bicyclic) bond motifs is 2. The highest BCUT2D eigenvalue weighted by Gasteiger charge is 2.41. The molecule has 1 saturated heterocycles. The molecular formula is C15H16N4O. The summed E-state index contributed by atoms with van der Waals surface area (Å²) >= 11 is 0. The SMILES string of the molecule is c1cncc(-c2ncc3c(n2)[C@@]2(CCNC2)COC3)c1. The summed E-state index contributed by atoms with van der Waals surface area (Å²) in [5, 5.41) is 3.43. The first-order chi connectivity index (χ1) is 9.87. The van der Waals surface area contributed by atoms with Gasteiger partial charge in [0, 0.05) is 36.3 Å². The zero-order valence-corrected chi connectivity index (χ0v) is 11.2. The van der Waals surface area contributed by atoms with Crippen molar-refractivity contribution in [2.45, 2.75) is 18.4 Å². The van der Waals surface area contributed by atoms with Gasteiger partial charge in [0.1, 0.15) is 0 Å². The Morgan fingerprint density at radius 3 is 3.10 bits per heavy atom. The van der Waals surface area contributed by atoms with Crippen LogP contribution in [-0.2, 0) is 16.8 Å². The molecule has 2 aliphatic heterocycles. The molecule has 0 unspecified atom stereocenters. The van der Waals surface area contributed by atoms with Gasteiger partial charge in [-0.25, -0.2) is 9.97 Å². The van der Waals surface area contributed by atoms with E-state index in [-0.39, 0.29) is 5.41 Å². The van der Waals surface area contributed by atoms with Gasteiger partial charge in [-0.2, -0.15) is 0 Å². The van der Waals surface area contributed by atoms with Gasteiger partial charge in [-0.1, -0.05) is 0 Å². The maximum Gasteiger partial charge on any atom is 0.160 e. The standard InChI is InChI=1S/C15H16N4O/c1-2-11(6-16-4-1)14-18-7-12-8-20-10-15(13(12)19-14)3-5-17-9-15/h1-2,4,6-7,17H,3,5,8-10H2/t15-/m1/s1. The molecular weight excluding hydrogens is 252 g/mol. The molecule has 4 rings (SSSR count). The van der Waals surface area contributed by atoms with Crippen molar-refractivity contribution in [1.29, 1.82) is 0 Å². The van der Waals surface area contributed by atoms with Crippen molar-refractivity contribution in [3.63, 3.8) is 0 Å². The molecule has 0 amide bonds. The molecule has 0 bridgehead atoms. The maximum absolute atomic E-state index is 5.75. The average Bonchev–Trinajstić information content (AvgIpc) is 2.98. The molecule has 20 heavy (non-hydrogen) atoms. The first-order valence-corrected chi connectivity index (χ1v) is 6.93. The highest BCUT2D eigenvalue weighted by molar-refractivity contribution is 5.54. The Morgan fingerprint density at radius 1 is 1.30 bits per heavy atom. The average molecular weight is 268 g/mol. The number of rotatable bonds is 1. The molecule has 1 spiro atoms. The van der Waals surface area contributed by atoms with Crippen LogP contribution in [0.3, 0.4) is 0 Å². The Kier molecular flexibility index (Phi) is 2.75. The van der Waals surface area contributed by atoms with Gasteiger partial charge in [-0.05, 0) is 25.1 Å². The van der Waals surface area contributed by atoms with Crippen LogP contribution in [-0.4, -0.2) is 34.6 Å². The lowest BCUT2D eigenvalue weighted by Gasteiger charge is -2.33. The van der Waals surface area contributed by atoms with Crippen LogP contribution in [0.5, 0.6) is 0 Å². The smallest absolute Gasteiger partial charge is 0.160 e. The first-order valence-electron chi connectivity index (χ1n) is 6.93. The molecule has 0 radical (unpaired) electrons. The predicted octanol–water partition coefficient (Wildman–Crippen LogP) is 1.30. The molecule has 0 saturated carbocycles. The Balaban J connectivity index is 1.83. The monoisotopic (exact) mass is 268 g/mol. The lowest BCUT2D eigenvalue weighted by molar-refractivity contribution is 0.0551. The van der Waals surface area contributed by atoms with E-state index in [0.717, 1.165) is 48.8 Å². The third-order valence-corrected chi connectivity index (χ3v) is 4.17. The Hall–Kier alpha value is -1.85. The van der Waals surface area contributed by atoms with Gasteiger partial charge in [-0.3, -0.25) is 4.98 Å². The summed E-state index contributed by atoms with van der Waals surface area (Å²) in [5.41, 5.74) is 3.26. The van der Waals surface area contributed by atoms with Crippen molar-refractivity contribution in [3.05, 3.63) is 42.0 Å². The lowest BCUT2D eigenvalue weighted by Crippen LogP contribution is -2.39. The predicted molar refractivity (Wildman–Crippen MR) is 74.1 cm³/mol. The maximum atomic E-state index is 5.75. The minimum atomic E-state index is 0.0213. The highest BCUT2D eigenvalue weighted by atomic mass is 16.5. The van der Waals surface area contributed by atoms with E-state index in [1.54, 1.807) is 12.4 Å². The highest BCUT2D eigenvalue weighted by Crippen LogP contribution is 2.36. The topological polar surface area (TPSA) is 59.9 Å². The lowest BCUT2D eigenvalue weighted by atomic mass is 9.80. The van der Waals surface area contributed by atoms with Crippen LogP contribution in [0.4, 0.5) is 0 Å². The minimum absolute atomic E-state index is 0.0213. The third kappa shape index (κ3) is 1.82. The van der Waals surface area contributed by atoms with E-state index in [0.29, 0.717) is 6.61 Å². The van der Waals surface area contributed by atoms with Crippen LogP contribution in [0.2, 0.25) is 0 Å².